The second-order valence-corrected chi connectivity index (χ2v) is 2.14. The molecule has 1 heterocycles. The summed E-state index contributed by atoms with van der Waals surface area (Å²) in [5.41, 5.74) is 7.14. The van der Waals surface area contributed by atoms with Crippen molar-refractivity contribution in [3.8, 4) is 11.8 Å². The smallest absolute Gasteiger partial charge is 0.0555 e. The molecule has 0 fully saturated rings. The highest BCUT2D eigenvalue weighted by Crippen LogP contribution is 1.99. The molecule has 0 spiro atoms. The Hall–Kier alpha value is -1.33. The van der Waals surface area contributed by atoms with Crippen molar-refractivity contribution < 1.29 is 0 Å². The van der Waals surface area contributed by atoms with Gasteiger partial charge in [-0.15, -0.1) is 0 Å². The Balaban J connectivity index is 2.95. The topological polar surface area (TPSA) is 38.9 Å². The Morgan fingerprint density at radius 3 is 3.09 bits per heavy atom. The molecule has 0 atom stereocenters. The highest BCUT2D eigenvalue weighted by Gasteiger charge is 1.90. The Morgan fingerprint density at radius 2 is 2.45 bits per heavy atom. The van der Waals surface area contributed by atoms with Crippen LogP contribution in [0.2, 0.25) is 0 Å². The summed E-state index contributed by atoms with van der Waals surface area (Å²) >= 11 is 0. The molecule has 1 rings (SSSR count). The first kappa shape index (κ1) is 7.77. The van der Waals surface area contributed by atoms with Crippen molar-refractivity contribution in [2.75, 3.05) is 6.54 Å². The molecule has 0 unspecified atom stereocenters. The summed E-state index contributed by atoms with van der Waals surface area (Å²) < 4.78 is 0. The van der Waals surface area contributed by atoms with Crippen LogP contribution < -0.4 is 5.73 Å². The van der Waals surface area contributed by atoms with E-state index in [0.717, 1.165) is 11.3 Å². The summed E-state index contributed by atoms with van der Waals surface area (Å²) in [5, 5.41) is 0. The van der Waals surface area contributed by atoms with Gasteiger partial charge in [-0.1, -0.05) is 11.8 Å². The van der Waals surface area contributed by atoms with Crippen molar-refractivity contribution in [3.05, 3.63) is 29.6 Å². The molecule has 2 nitrogen and oxygen atoms in total. The third-order valence-corrected chi connectivity index (χ3v) is 1.33. The molecule has 56 valence electrons. The van der Waals surface area contributed by atoms with E-state index in [1.165, 1.54) is 0 Å². The van der Waals surface area contributed by atoms with E-state index in [1.807, 2.05) is 19.1 Å². The molecule has 0 radical (unpaired) electrons. The first-order chi connectivity index (χ1) is 5.34. The molecule has 1 aromatic heterocycles. The van der Waals surface area contributed by atoms with Crippen LogP contribution in [0.1, 0.15) is 11.3 Å². The summed E-state index contributed by atoms with van der Waals surface area (Å²) in [4.78, 5) is 4.09. The van der Waals surface area contributed by atoms with Gasteiger partial charge in [0.1, 0.15) is 0 Å². The molecule has 0 aliphatic carbocycles. The van der Waals surface area contributed by atoms with Crippen molar-refractivity contribution >= 4 is 0 Å². The number of hydrogen-bond acceptors (Lipinski definition) is 2. The van der Waals surface area contributed by atoms with Crippen molar-refractivity contribution in [1.29, 1.82) is 0 Å². The van der Waals surface area contributed by atoms with E-state index >= 15 is 0 Å². The number of aryl methyl sites for hydroxylation is 1. The van der Waals surface area contributed by atoms with Crippen LogP contribution in [0.25, 0.3) is 0 Å². The van der Waals surface area contributed by atoms with Gasteiger partial charge in [-0.25, -0.2) is 0 Å². The molecule has 0 aromatic carbocycles. The fourth-order valence-electron chi connectivity index (χ4n) is 0.763. The molecular weight excluding hydrogens is 136 g/mol. The molecule has 0 saturated heterocycles. The minimum atomic E-state index is 0.397. The van der Waals surface area contributed by atoms with Gasteiger partial charge in [0, 0.05) is 11.8 Å². The standard InChI is InChI=1S/C9H10N2/c1-8-9(4-2-6-10)5-3-7-11-8/h3,5,7H,6,10H2,1H3. The van der Waals surface area contributed by atoms with Gasteiger partial charge in [-0.3, -0.25) is 4.98 Å². The maximum absolute atomic E-state index is 5.23. The van der Waals surface area contributed by atoms with Gasteiger partial charge in [0.25, 0.3) is 0 Å². The van der Waals surface area contributed by atoms with Gasteiger partial charge < -0.3 is 5.73 Å². The number of nitrogens with two attached hydrogens (primary N) is 1. The van der Waals surface area contributed by atoms with Crippen LogP contribution in [0, 0.1) is 18.8 Å². The maximum atomic E-state index is 5.23. The molecule has 0 saturated carbocycles. The summed E-state index contributed by atoms with van der Waals surface area (Å²) in [6.07, 6.45) is 1.75. The Morgan fingerprint density at radius 1 is 1.64 bits per heavy atom. The SMILES string of the molecule is Cc1ncccc1C#CCN. The van der Waals surface area contributed by atoms with E-state index in [1.54, 1.807) is 6.20 Å². The fraction of sp³-hybridized carbons (Fsp3) is 0.222. The lowest BCUT2D eigenvalue weighted by molar-refractivity contribution is 1.18. The van der Waals surface area contributed by atoms with Crippen LogP contribution in [0.3, 0.4) is 0 Å². The molecule has 1 aromatic rings. The minimum Gasteiger partial charge on any atom is -0.320 e. The summed E-state index contributed by atoms with van der Waals surface area (Å²) in [5.74, 6) is 5.72. The number of pyridine rings is 1. The molecule has 0 amide bonds. The largest absolute Gasteiger partial charge is 0.320 e. The molecule has 0 aliphatic rings. The monoisotopic (exact) mass is 146 g/mol. The normalized spacial score (nSPS) is 8.55. The molecule has 0 bridgehead atoms. The quantitative estimate of drug-likeness (QED) is 0.547. The highest BCUT2D eigenvalue weighted by molar-refractivity contribution is 5.36. The second kappa shape index (κ2) is 3.75. The average Bonchev–Trinajstić information content (AvgIpc) is 2.03. The van der Waals surface area contributed by atoms with Crippen LogP contribution in [-0.2, 0) is 0 Å². The molecule has 2 N–H and O–H groups in total. The van der Waals surface area contributed by atoms with Crippen LogP contribution in [0.15, 0.2) is 18.3 Å². The molecule has 2 heteroatoms. The first-order valence-electron chi connectivity index (χ1n) is 3.45. The van der Waals surface area contributed by atoms with Gasteiger partial charge >= 0.3 is 0 Å². The van der Waals surface area contributed by atoms with Crippen molar-refractivity contribution in [3.63, 3.8) is 0 Å². The number of nitrogens with zero attached hydrogens (tertiary/aromatic N) is 1. The number of hydrogen-bond donors (Lipinski definition) is 1. The zero-order chi connectivity index (χ0) is 8.10. The Kier molecular flexibility index (Phi) is 2.65. The molecule has 11 heavy (non-hydrogen) atoms. The number of rotatable bonds is 0. The second-order valence-electron chi connectivity index (χ2n) is 2.14. The fourth-order valence-corrected chi connectivity index (χ4v) is 0.763. The Bertz CT molecular complexity index is 294. The van der Waals surface area contributed by atoms with Gasteiger partial charge in [0.2, 0.25) is 0 Å². The lowest BCUT2D eigenvalue weighted by Crippen LogP contribution is -1.93. The van der Waals surface area contributed by atoms with Crippen molar-refractivity contribution in [1.82, 2.24) is 4.98 Å². The van der Waals surface area contributed by atoms with Gasteiger partial charge in [0.15, 0.2) is 0 Å². The van der Waals surface area contributed by atoms with Crippen molar-refractivity contribution in [2.45, 2.75) is 6.92 Å². The zero-order valence-corrected chi connectivity index (χ0v) is 6.46. The summed E-state index contributed by atoms with van der Waals surface area (Å²) in [6.45, 7) is 2.33. The van der Waals surface area contributed by atoms with Crippen LogP contribution in [0.4, 0.5) is 0 Å². The molecular formula is C9H10N2. The van der Waals surface area contributed by atoms with E-state index in [9.17, 15) is 0 Å². The van der Waals surface area contributed by atoms with E-state index < -0.39 is 0 Å². The van der Waals surface area contributed by atoms with E-state index in [-0.39, 0.29) is 0 Å². The lowest BCUT2D eigenvalue weighted by Gasteiger charge is -1.92. The minimum absolute atomic E-state index is 0.397. The van der Waals surface area contributed by atoms with E-state index in [0.29, 0.717) is 6.54 Å². The van der Waals surface area contributed by atoms with Gasteiger partial charge in [-0.05, 0) is 19.1 Å². The summed E-state index contributed by atoms with van der Waals surface area (Å²) in [7, 11) is 0. The predicted octanol–water partition coefficient (Wildman–Crippen LogP) is 0.700. The van der Waals surface area contributed by atoms with E-state index in [2.05, 4.69) is 16.8 Å². The lowest BCUT2D eigenvalue weighted by atomic mass is 10.2. The Labute approximate surface area is 66.4 Å². The van der Waals surface area contributed by atoms with Crippen LogP contribution in [-0.4, -0.2) is 11.5 Å². The maximum Gasteiger partial charge on any atom is 0.0555 e. The average molecular weight is 146 g/mol. The first-order valence-corrected chi connectivity index (χ1v) is 3.45. The zero-order valence-electron chi connectivity index (χ0n) is 6.46. The summed E-state index contributed by atoms with van der Waals surface area (Å²) in [6, 6.07) is 3.80. The highest BCUT2D eigenvalue weighted by atomic mass is 14.7. The third kappa shape index (κ3) is 2.06. The van der Waals surface area contributed by atoms with Crippen LogP contribution >= 0.6 is 0 Å². The third-order valence-electron chi connectivity index (χ3n) is 1.33. The molecule has 0 aliphatic heterocycles. The van der Waals surface area contributed by atoms with Gasteiger partial charge in [-0.2, -0.15) is 0 Å². The number of aromatic nitrogens is 1. The van der Waals surface area contributed by atoms with Crippen molar-refractivity contribution in [2.24, 2.45) is 5.73 Å². The predicted molar refractivity (Wildman–Crippen MR) is 44.9 cm³/mol. The van der Waals surface area contributed by atoms with Gasteiger partial charge in [0.05, 0.1) is 12.2 Å². The van der Waals surface area contributed by atoms with E-state index in [4.69, 9.17) is 5.73 Å². The van der Waals surface area contributed by atoms with Crippen LogP contribution in [0.5, 0.6) is 0 Å².